The molecule has 2 N–H and O–H groups in total. The van der Waals surface area contributed by atoms with Crippen LogP contribution in [-0.2, 0) is 11.2 Å². The Hall–Kier alpha value is -3.36. The van der Waals surface area contributed by atoms with Gasteiger partial charge < -0.3 is 34.2 Å². The number of rotatable bonds is 9. The van der Waals surface area contributed by atoms with Crippen molar-refractivity contribution < 1.29 is 28.2 Å². The van der Waals surface area contributed by atoms with E-state index in [0.717, 1.165) is 18.6 Å². The number of anilines is 1. The van der Waals surface area contributed by atoms with Gasteiger partial charge in [0, 0.05) is 44.6 Å². The maximum absolute atomic E-state index is 12.7. The van der Waals surface area contributed by atoms with Gasteiger partial charge in [0.2, 0.25) is 11.7 Å². The lowest BCUT2D eigenvalue weighted by molar-refractivity contribution is -0.122. The molecule has 3 rings (SSSR count). The molecule has 1 fully saturated rings. The first-order chi connectivity index (χ1) is 15.5. The van der Waals surface area contributed by atoms with Crippen molar-refractivity contribution >= 4 is 17.6 Å². The van der Waals surface area contributed by atoms with Crippen LogP contribution in [0.2, 0.25) is 0 Å². The Labute approximate surface area is 188 Å². The maximum atomic E-state index is 12.7. The number of carbonyl (C=O) groups is 2. The van der Waals surface area contributed by atoms with Gasteiger partial charge in [0.1, 0.15) is 5.76 Å². The Kier molecular flexibility index (Phi) is 8.24. The minimum absolute atomic E-state index is 0.0388. The summed E-state index contributed by atoms with van der Waals surface area (Å²) in [4.78, 5) is 26.7. The number of methoxy groups -OCH3 is 3. The second kappa shape index (κ2) is 11.3. The third-order valence-corrected chi connectivity index (χ3v) is 5.57. The molecule has 9 heteroatoms. The van der Waals surface area contributed by atoms with Crippen LogP contribution in [-0.4, -0.2) is 57.8 Å². The summed E-state index contributed by atoms with van der Waals surface area (Å²) in [6.07, 6.45) is 4.35. The molecule has 1 aromatic carbocycles. The van der Waals surface area contributed by atoms with Crippen molar-refractivity contribution in [1.82, 2.24) is 10.2 Å². The molecular weight excluding hydrogens is 414 g/mol. The van der Waals surface area contributed by atoms with Gasteiger partial charge in [-0.25, -0.2) is 4.79 Å². The number of piperidine rings is 1. The summed E-state index contributed by atoms with van der Waals surface area (Å²) < 4.78 is 21.2. The highest BCUT2D eigenvalue weighted by Gasteiger charge is 2.25. The van der Waals surface area contributed by atoms with Crippen molar-refractivity contribution in [1.29, 1.82) is 0 Å². The summed E-state index contributed by atoms with van der Waals surface area (Å²) in [6.45, 7) is 1.75. The predicted molar refractivity (Wildman–Crippen MR) is 119 cm³/mol. The Balaban J connectivity index is 1.44. The lowest BCUT2D eigenvalue weighted by Gasteiger charge is -2.31. The smallest absolute Gasteiger partial charge is 0.321 e. The van der Waals surface area contributed by atoms with Gasteiger partial charge in [0.15, 0.2) is 11.5 Å². The number of benzene rings is 1. The monoisotopic (exact) mass is 445 g/mol. The van der Waals surface area contributed by atoms with Gasteiger partial charge in [-0.1, -0.05) is 0 Å². The van der Waals surface area contributed by atoms with E-state index in [1.54, 1.807) is 23.3 Å². The SMILES string of the molecule is COc1cc(NC(=O)N2CCC(CC(=O)NCCc3ccco3)CC2)cc(OC)c1OC. The molecule has 0 aliphatic carbocycles. The van der Waals surface area contributed by atoms with Gasteiger partial charge in [-0.15, -0.1) is 0 Å². The number of amides is 3. The average molecular weight is 446 g/mol. The number of hydrogen-bond acceptors (Lipinski definition) is 6. The van der Waals surface area contributed by atoms with Gasteiger partial charge in [0.05, 0.1) is 33.3 Å². The average Bonchev–Trinajstić information content (AvgIpc) is 3.32. The number of hydrogen-bond donors (Lipinski definition) is 2. The zero-order valence-corrected chi connectivity index (χ0v) is 18.8. The zero-order valence-electron chi connectivity index (χ0n) is 18.8. The Morgan fingerprint density at radius 2 is 1.78 bits per heavy atom. The maximum Gasteiger partial charge on any atom is 0.321 e. The lowest BCUT2D eigenvalue weighted by Crippen LogP contribution is -2.42. The van der Waals surface area contributed by atoms with E-state index >= 15 is 0 Å². The molecule has 32 heavy (non-hydrogen) atoms. The highest BCUT2D eigenvalue weighted by molar-refractivity contribution is 5.90. The van der Waals surface area contributed by atoms with Crippen molar-refractivity contribution in [2.24, 2.45) is 5.92 Å². The first-order valence-corrected chi connectivity index (χ1v) is 10.7. The van der Waals surface area contributed by atoms with Crippen LogP contribution in [0.15, 0.2) is 34.9 Å². The molecule has 9 nitrogen and oxygen atoms in total. The molecule has 2 aromatic rings. The van der Waals surface area contributed by atoms with E-state index in [-0.39, 0.29) is 17.9 Å². The molecule has 1 aliphatic rings. The van der Waals surface area contributed by atoms with Crippen LogP contribution in [0.1, 0.15) is 25.0 Å². The lowest BCUT2D eigenvalue weighted by atomic mass is 9.93. The van der Waals surface area contributed by atoms with Crippen molar-refractivity contribution in [3.05, 3.63) is 36.3 Å². The standard InChI is InChI=1S/C23H31N3O6/c1-29-19-14-17(15-20(30-2)22(19)31-3)25-23(28)26-10-7-16(8-11-26)13-21(27)24-9-6-18-5-4-12-32-18/h4-5,12,14-16H,6-11,13H2,1-3H3,(H,24,27)(H,25,28). The van der Waals surface area contributed by atoms with Gasteiger partial charge in [-0.05, 0) is 30.9 Å². The molecule has 0 spiro atoms. The van der Waals surface area contributed by atoms with E-state index in [1.165, 1.54) is 21.3 Å². The Morgan fingerprint density at radius 3 is 2.34 bits per heavy atom. The van der Waals surface area contributed by atoms with Crippen LogP contribution in [0.4, 0.5) is 10.5 Å². The van der Waals surface area contributed by atoms with Crippen molar-refractivity contribution in [3.8, 4) is 17.2 Å². The molecule has 1 aromatic heterocycles. The van der Waals surface area contributed by atoms with E-state index in [2.05, 4.69) is 10.6 Å². The summed E-state index contributed by atoms with van der Waals surface area (Å²) in [5.74, 6) is 2.58. The third-order valence-electron chi connectivity index (χ3n) is 5.57. The molecule has 1 aliphatic heterocycles. The number of furan rings is 1. The van der Waals surface area contributed by atoms with Gasteiger partial charge in [-0.3, -0.25) is 4.79 Å². The number of urea groups is 1. The summed E-state index contributed by atoms with van der Waals surface area (Å²) in [7, 11) is 4.59. The fourth-order valence-corrected chi connectivity index (χ4v) is 3.81. The van der Waals surface area contributed by atoms with Gasteiger partial charge in [0.25, 0.3) is 0 Å². The van der Waals surface area contributed by atoms with Gasteiger partial charge in [-0.2, -0.15) is 0 Å². The van der Waals surface area contributed by atoms with E-state index in [4.69, 9.17) is 18.6 Å². The molecule has 0 radical (unpaired) electrons. The molecule has 1 saturated heterocycles. The molecule has 2 heterocycles. The fourth-order valence-electron chi connectivity index (χ4n) is 3.81. The Bertz CT molecular complexity index is 866. The summed E-state index contributed by atoms with van der Waals surface area (Å²) in [5, 5.41) is 5.83. The molecular formula is C23H31N3O6. The van der Waals surface area contributed by atoms with E-state index in [1.807, 2.05) is 12.1 Å². The molecule has 3 amide bonds. The van der Waals surface area contributed by atoms with Crippen LogP contribution in [0.5, 0.6) is 17.2 Å². The second-order valence-corrected chi connectivity index (χ2v) is 7.66. The zero-order chi connectivity index (χ0) is 22.9. The first-order valence-electron chi connectivity index (χ1n) is 10.7. The van der Waals surface area contributed by atoms with Crippen LogP contribution in [0.3, 0.4) is 0 Å². The van der Waals surface area contributed by atoms with Crippen molar-refractivity contribution in [2.75, 3.05) is 46.3 Å². The largest absolute Gasteiger partial charge is 0.493 e. The van der Waals surface area contributed by atoms with Crippen LogP contribution < -0.4 is 24.8 Å². The van der Waals surface area contributed by atoms with Crippen molar-refractivity contribution in [3.63, 3.8) is 0 Å². The highest BCUT2D eigenvalue weighted by Crippen LogP contribution is 2.40. The number of carbonyl (C=O) groups excluding carboxylic acids is 2. The molecule has 0 atom stereocenters. The van der Waals surface area contributed by atoms with E-state index in [9.17, 15) is 9.59 Å². The number of ether oxygens (including phenoxy) is 3. The Morgan fingerprint density at radius 1 is 1.09 bits per heavy atom. The normalized spacial score (nSPS) is 14.0. The minimum Gasteiger partial charge on any atom is -0.493 e. The van der Waals surface area contributed by atoms with Gasteiger partial charge >= 0.3 is 6.03 Å². The topological polar surface area (TPSA) is 102 Å². The summed E-state index contributed by atoms with van der Waals surface area (Å²) in [5.41, 5.74) is 0.558. The highest BCUT2D eigenvalue weighted by atomic mass is 16.5. The fraction of sp³-hybridized carbons (Fsp3) is 0.478. The summed E-state index contributed by atoms with van der Waals surface area (Å²) >= 11 is 0. The molecule has 0 unspecified atom stereocenters. The van der Waals surface area contributed by atoms with Crippen LogP contribution in [0, 0.1) is 5.92 Å². The van der Waals surface area contributed by atoms with E-state index < -0.39 is 0 Å². The number of nitrogens with one attached hydrogen (secondary N) is 2. The number of nitrogens with zero attached hydrogens (tertiary/aromatic N) is 1. The second-order valence-electron chi connectivity index (χ2n) is 7.66. The van der Waals surface area contributed by atoms with Crippen molar-refractivity contribution in [2.45, 2.75) is 25.7 Å². The quantitative estimate of drug-likeness (QED) is 0.614. The van der Waals surface area contributed by atoms with Crippen LogP contribution in [0.25, 0.3) is 0 Å². The van der Waals surface area contributed by atoms with E-state index in [0.29, 0.717) is 55.4 Å². The number of likely N-dealkylation sites (tertiary alicyclic amines) is 1. The minimum atomic E-state index is -0.194. The first kappa shape index (κ1) is 23.3. The molecule has 174 valence electrons. The molecule has 0 saturated carbocycles. The summed E-state index contributed by atoms with van der Waals surface area (Å²) in [6, 6.07) is 6.92. The van der Waals surface area contributed by atoms with Crippen LogP contribution >= 0.6 is 0 Å². The molecule has 0 bridgehead atoms. The third kappa shape index (κ3) is 6.09. The predicted octanol–water partition coefficient (Wildman–Crippen LogP) is 3.30.